The molecule has 1 aromatic carbocycles. The first kappa shape index (κ1) is 14.5. The second-order valence-electron chi connectivity index (χ2n) is 5.74. The summed E-state index contributed by atoms with van der Waals surface area (Å²) in [5.41, 5.74) is 11.5. The Hall–Kier alpha value is -0.900. The molecule has 2 atom stereocenters. The summed E-state index contributed by atoms with van der Waals surface area (Å²) in [4.78, 5) is 2.47. The van der Waals surface area contributed by atoms with E-state index < -0.39 is 0 Å². The average Bonchev–Trinajstić information content (AvgIpc) is 2.33. The monoisotopic (exact) mass is 262 g/mol. The molecule has 0 saturated carbocycles. The van der Waals surface area contributed by atoms with Gasteiger partial charge in [-0.25, -0.2) is 0 Å². The summed E-state index contributed by atoms with van der Waals surface area (Å²) in [5.74, 6) is 0. The number of hydrogen-bond acceptors (Lipinski definition) is 3. The molecule has 0 amide bonds. The van der Waals surface area contributed by atoms with E-state index in [1.807, 2.05) is 0 Å². The van der Waals surface area contributed by atoms with Crippen molar-refractivity contribution in [3.63, 3.8) is 0 Å². The molecule has 19 heavy (non-hydrogen) atoms. The molecule has 1 aliphatic heterocycles. The van der Waals surface area contributed by atoms with Crippen molar-refractivity contribution >= 4 is 0 Å². The lowest BCUT2D eigenvalue weighted by Gasteiger charge is -2.38. The third-order valence-corrected chi connectivity index (χ3v) is 4.01. The van der Waals surface area contributed by atoms with Crippen molar-refractivity contribution in [1.29, 1.82) is 0 Å². The van der Waals surface area contributed by atoms with Crippen molar-refractivity contribution in [2.45, 2.75) is 39.8 Å². The minimum atomic E-state index is 0.300. The number of nitrogens with zero attached hydrogens (tertiary/aromatic N) is 1. The molecule has 106 valence electrons. The Morgan fingerprint density at radius 2 is 1.95 bits per heavy atom. The second kappa shape index (κ2) is 6.04. The molecule has 3 heteroatoms. The first-order valence-electron chi connectivity index (χ1n) is 7.16. The van der Waals surface area contributed by atoms with Gasteiger partial charge in [0.25, 0.3) is 0 Å². The fourth-order valence-corrected chi connectivity index (χ4v) is 3.29. The SMILES string of the molecule is Cc1cc(C)c(C(CN)N2CCOC(C)C2)c(C)c1. The summed E-state index contributed by atoms with van der Waals surface area (Å²) in [6.07, 6.45) is 0.300. The van der Waals surface area contributed by atoms with Crippen LogP contribution in [0.2, 0.25) is 0 Å². The second-order valence-corrected chi connectivity index (χ2v) is 5.74. The number of nitrogens with two attached hydrogens (primary N) is 1. The first-order valence-corrected chi connectivity index (χ1v) is 7.16. The van der Waals surface area contributed by atoms with Crippen LogP contribution in [0.25, 0.3) is 0 Å². The summed E-state index contributed by atoms with van der Waals surface area (Å²) in [6.45, 7) is 12.1. The Bertz CT molecular complexity index is 421. The minimum absolute atomic E-state index is 0.300. The van der Waals surface area contributed by atoms with E-state index in [4.69, 9.17) is 10.5 Å². The van der Waals surface area contributed by atoms with Crippen LogP contribution >= 0.6 is 0 Å². The number of morpholine rings is 1. The zero-order valence-corrected chi connectivity index (χ0v) is 12.6. The quantitative estimate of drug-likeness (QED) is 0.908. The van der Waals surface area contributed by atoms with Gasteiger partial charge in [0, 0.05) is 25.7 Å². The lowest BCUT2D eigenvalue weighted by atomic mass is 9.92. The maximum atomic E-state index is 6.07. The highest BCUT2D eigenvalue weighted by Gasteiger charge is 2.26. The van der Waals surface area contributed by atoms with Crippen molar-refractivity contribution in [2.75, 3.05) is 26.2 Å². The third kappa shape index (κ3) is 3.16. The van der Waals surface area contributed by atoms with Gasteiger partial charge in [0.05, 0.1) is 12.7 Å². The molecule has 3 nitrogen and oxygen atoms in total. The molecule has 1 saturated heterocycles. The highest BCUT2D eigenvalue weighted by Crippen LogP contribution is 2.28. The van der Waals surface area contributed by atoms with E-state index in [0.717, 1.165) is 19.7 Å². The molecule has 1 heterocycles. The Morgan fingerprint density at radius 1 is 1.32 bits per heavy atom. The predicted octanol–water partition coefficient (Wildman–Crippen LogP) is 2.33. The van der Waals surface area contributed by atoms with Gasteiger partial charge >= 0.3 is 0 Å². The van der Waals surface area contributed by atoms with E-state index >= 15 is 0 Å². The predicted molar refractivity (Wildman–Crippen MR) is 79.4 cm³/mol. The van der Waals surface area contributed by atoms with Gasteiger partial charge in [0.1, 0.15) is 0 Å². The van der Waals surface area contributed by atoms with Gasteiger partial charge < -0.3 is 10.5 Å². The van der Waals surface area contributed by atoms with Gasteiger partial charge in [-0.15, -0.1) is 0 Å². The molecule has 1 aromatic rings. The zero-order chi connectivity index (χ0) is 14.0. The number of benzene rings is 1. The summed E-state index contributed by atoms with van der Waals surface area (Å²) in [5, 5.41) is 0. The maximum Gasteiger partial charge on any atom is 0.0674 e. The largest absolute Gasteiger partial charge is 0.376 e. The van der Waals surface area contributed by atoms with Crippen LogP contribution in [0, 0.1) is 20.8 Å². The van der Waals surface area contributed by atoms with Gasteiger partial charge in [0.2, 0.25) is 0 Å². The smallest absolute Gasteiger partial charge is 0.0674 e. The van der Waals surface area contributed by atoms with Crippen LogP contribution in [-0.4, -0.2) is 37.2 Å². The normalized spacial score (nSPS) is 22.5. The number of rotatable bonds is 3. The molecular formula is C16H26N2O. The van der Waals surface area contributed by atoms with Crippen LogP contribution in [0.1, 0.15) is 35.2 Å². The van der Waals surface area contributed by atoms with Crippen LogP contribution < -0.4 is 5.73 Å². The Morgan fingerprint density at radius 3 is 2.47 bits per heavy atom. The summed E-state index contributed by atoms with van der Waals surface area (Å²) in [6, 6.07) is 4.83. The molecule has 1 aliphatic rings. The fourth-order valence-electron chi connectivity index (χ4n) is 3.29. The molecule has 0 radical (unpaired) electrons. The highest BCUT2D eigenvalue weighted by molar-refractivity contribution is 5.40. The van der Waals surface area contributed by atoms with Crippen molar-refractivity contribution in [3.05, 3.63) is 34.4 Å². The molecule has 0 aromatic heterocycles. The molecule has 2 rings (SSSR count). The summed E-state index contributed by atoms with van der Waals surface area (Å²) >= 11 is 0. The highest BCUT2D eigenvalue weighted by atomic mass is 16.5. The topological polar surface area (TPSA) is 38.5 Å². The minimum Gasteiger partial charge on any atom is -0.376 e. The van der Waals surface area contributed by atoms with E-state index in [1.165, 1.54) is 22.3 Å². The number of ether oxygens (including phenoxy) is 1. The lowest BCUT2D eigenvalue weighted by molar-refractivity contribution is -0.0334. The van der Waals surface area contributed by atoms with Crippen LogP contribution in [0.15, 0.2) is 12.1 Å². The molecule has 1 fully saturated rings. The van der Waals surface area contributed by atoms with Crippen molar-refractivity contribution < 1.29 is 4.74 Å². The molecule has 0 spiro atoms. The van der Waals surface area contributed by atoms with Crippen LogP contribution in [0.3, 0.4) is 0 Å². The molecule has 0 aliphatic carbocycles. The van der Waals surface area contributed by atoms with Gasteiger partial charge in [-0.3, -0.25) is 4.90 Å². The summed E-state index contributed by atoms with van der Waals surface area (Å²) in [7, 11) is 0. The molecular weight excluding hydrogens is 236 g/mol. The zero-order valence-electron chi connectivity index (χ0n) is 12.6. The van der Waals surface area contributed by atoms with E-state index in [1.54, 1.807) is 0 Å². The molecule has 0 bridgehead atoms. The van der Waals surface area contributed by atoms with Crippen LogP contribution in [-0.2, 0) is 4.74 Å². The van der Waals surface area contributed by atoms with Crippen LogP contribution in [0.5, 0.6) is 0 Å². The van der Waals surface area contributed by atoms with E-state index in [2.05, 4.69) is 44.7 Å². The van der Waals surface area contributed by atoms with Crippen molar-refractivity contribution in [1.82, 2.24) is 4.90 Å². The van der Waals surface area contributed by atoms with Gasteiger partial charge in [-0.2, -0.15) is 0 Å². The van der Waals surface area contributed by atoms with Gasteiger partial charge in [-0.1, -0.05) is 17.7 Å². The molecule has 2 unspecified atom stereocenters. The maximum absolute atomic E-state index is 6.07. The van der Waals surface area contributed by atoms with E-state index in [9.17, 15) is 0 Å². The van der Waals surface area contributed by atoms with Gasteiger partial charge in [0.15, 0.2) is 0 Å². The summed E-state index contributed by atoms with van der Waals surface area (Å²) < 4.78 is 5.64. The lowest BCUT2D eigenvalue weighted by Crippen LogP contribution is -2.45. The number of hydrogen-bond donors (Lipinski definition) is 1. The van der Waals surface area contributed by atoms with Crippen LogP contribution in [0.4, 0.5) is 0 Å². The van der Waals surface area contributed by atoms with E-state index in [0.29, 0.717) is 18.7 Å². The Balaban J connectivity index is 2.31. The number of aryl methyl sites for hydroxylation is 3. The Kier molecular flexibility index (Phi) is 4.61. The molecule has 2 N–H and O–H groups in total. The first-order chi connectivity index (χ1) is 9.02. The Labute approximate surface area is 116 Å². The van der Waals surface area contributed by atoms with E-state index in [-0.39, 0.29) is 0 Å². The van der Waals surface area contributed by atoms with Gasteiger partial charge in [-0.05, 0) is 44.4 Å². The van der Waals surface area contributed by atoms with Crippen molar-refractivity contribution in [3.8, 4) is 0 Å². The fraction of sp³-hybridized carbons (Fsp3) is 0.625. The average molecular weight is 262 g/mol. The third-order valence-electron chi connectivity index (χ3n) is 4.01. The van der Waals surface area contributed by atoms with Crippen molar-refractivity contribution in [2.24, 2.45) is 5.73 Å². The standard InChI is InChI=1S/C16H26N2O/c1-11-7-12(2)16(13(3)8-11)15(9-17)18-5-6-19-14(4)10-18/h7-8,14-15H,5-6,9-10,17H2,1-4H3.